The van der Waals surface area contributed by atoms with Gasteiger partial charge in [-0.25, -0.2) is 13.2 Å². The summed E-state index contributed by atoms with van der Waals surface area (Å²) in [6, 6.07) is 13.0. The molecule has 3 heterocycles. The number of aromatic nitrogens is 5. The van der Waals surface area contributed by atoms with Gasteiger partial charge in [-0.3, -0.25) is 24.0 Å². The fraction of sp³-hybridized carbons (Fsp3) is 0.343. The highest BCUT2D eigenvalue weighted by Gasteiger charge is 2.35. The maximum atomic E-state index is 13.0. The number of esters is 2. The second-order valence-electron chi connectivity index (χ2n) is 12.0. The van der Waals surface area contributed by atoms with Crippen molar-refractivity contribution in [2.24, 2.45) is 0 Å². The molecule has 0 aliphatic heterocycles. The molecule has 5 aromatic rings. The number of fused-ring (bicyclic) bond motifs is 1. The Morgan fingerprint density at radius 1 is 1.02 bits per heavy atom. The van der Waals surface area contributed by atoms with E-state index in [0.29, 0.717) is 48.7 Å². The summed E-state index contributed by atoms with van der Waals surface area (Å²) in [5, 5.41) is 17.8. The third-order valence-corrected chi connectivity index (χ3v) is 9.93. The lowest BCUT2D eigenvalue weighted by Gasteiger charge is -2.17. The van der Waals surface area contributed by atoms with Crippen LogP contribution in [0.3, 0.4) is 0 Å². The molecule has 1 atom stereocenters. The Morgan fingerprint density at radius 2 is 1.76 bits per heavy atom. The molecule has 286 valence electrons. The zero-order valence-electron chi connectivity index (χ0n) is 29.2. The number of amides is 1. The van der Waals surface area contributed by atoms with Gasteiger partial charge < -0.3 is 35.5 Å². The Bertz CT molecular complexity index is 2230. The molecule has 0 saturated carbocycles. The summed E-state index contributed by atoms with van der Waals surface area (Å²) in [5.74, 6) is -2.22. The average Bonchev–Trinajstić information content (AvgIpc) is 3.75. The molecule has 19 heteroatoms. The minimum Gasteiger partial charge on any atom is -0.466 e. The number of hydrogen-bond acceptors (Lipinski definition) is 14. The summed E-state index contributed by atoms with van der Waals surface area (Å²) in [4.78, 5) is 59.7. The zero-order valence-corrected chi connectivity index (χ0v) is 30.1. The number of rotatable bonds is 19. The van der Waals surface area contributed by atoms with Crippen molar-refractivity contribution in [2.45, 2.75) is 67.8 Å². The summed E-state index contributed by atoms with van der Waals surface area (Å²) in [7, 11) is -4.23. The number of nitrogen functional groups attached to an aromatic ring is 1. The van der Waals surface area contributed by atoms with Crippen molar-refractivity contribution in [3.05, 3.63) is 93.0 Å². The Kier molecular flexibility index (Phi) is 13.0. The first-order valence-electron chi connectivity index (χ1n) is 17.1. The number of ether oxygens (including phenoxy) is 3. The molecule has 0 saturated heterocycles. The molecule has 0 radical (unpaired) electrons. The molecule has 0 spiro atoms. The second-order valence-corrected chi connectivity index (χ2v) is 13.9. The highest BCUT2D eigenvalue weighted by atomic mass is 32.2. The van der Waals surface area contributed by atoms with Gasteiger partial charge in [0.25, 0.3) is 21.3 Å². The van der Waals surface area contributed by atoms with Gasteiger partial charge in [-0.2, -0.15) is 4.98 Å². The Morgan fingerprint density at radius 3 is 2.50 bits per heavy atom. The van der Waals surface area contributed by atoms with Crippen LogP contribution in [-0.4, -0.2) is 72.2 Å². The van der Waals surface area contributed by atoms with Gasteiger partial charge in [-0.1, -0.05) is 30.3 Å². The summed E-state index contributed by atoms with van der Waals surface area (Å²) in [6.07, 6.45) is 4.01. The molecule has 18 nitrogen and oxygen atoms in total. The molecule has 0 bridgehead atoms. The van der Waals surface area contributed by atoms with Gasteiger partial charge >= 0.3 is 22.8 Å². The van der Waals surface area contributed by atoms with Gasteiger partial charge in [-0.15, -0.1) is 0 Å². The maximum Gasteiger partial charge on any atom is 0.414 e. The van der Waals surface area contributed by atoms with Gasteiger partial charge in [0.15, 0.2) is 0 Å². The van der Waals surface area contributed by atoms with Crippen LogP contribution in [0.2, 0.25) is 0 Å². The minimum atomic E-state index is -4.23. The fourth-order valence-electron chi connectivity index (χ4n) is 5.46. The van der Waals surface area contributed by atoms with Crippen LogP contribution in [0.4, 0.5) is 5.95 Å². The first-order valence-corrected chi connectivity index (χ1v) is 18.6. The normalized spacial score (nSPS) is 11.9. The number of nitrogens with one attached hydrogen (secondary N) is 3. The van der Waals surface area contributed by atoms with E-state index in [9.17, 15) is 32.8 Å². The quantitative estimate of drug-likeness (QED) is 0.0534. The lowest BCUT2D eigenvalue weighted by molar-refractivity contribution is -0.832. The van der Waals surface area contributed by atoms with Gasteiger partial charge in [0.1, 0.15) is 11.7 Å². The zero-order chi connectivity index (χ0) is 38.7. The topological polar surface area (TPSA) is 266 Å². The molecule has 3 aromatic heterocycles. The van der Waals surface area contributed by atoms with E-state index in [-0.39, 0.29) is 54.0 Å². The largest absolute Gasteiger partial charge is 0.466 e. The lowest BCUT2D eigenvalue weighted by Crippen LogP contribution is -2.42. The van der Waals surface area contributed by atoms with Crippen molar-refractivity contribution >= 4 is 44.7 Å². The van der Waals surface area contributed by atoms with Gasteiger partial charge in [0.05, 0.1) is 35.3 Å². The molecule has 5 N–H and O–H groups in total. The van der Waals surface area contributed by atoms with Crippen molar-refractivity contribution < 1.29 is 46.5 Å². The van der Waals surface area contributed by atoms with Crippen LogP contribution in [0.5, 0.6) is 5.88 Å². The van der Waals surface area contributed by atoms with E-state index in [1.54, 1.807) is 43.5 Å². The molecule has 0 fully saturated rings. The smallest absolute Gasteiger partial charge is 0.414 e. The third-order valence-electron chi connectivity index (χ3n) is 8.20. The third kappa shape index (κ3) is 9.79. The lowest BCUT2D eigenvalue weighted by atomic mass is 10.0. The van der Waals surface area contributed by atoms with Crippen LogP contribution < -0.4 is 26.2 Å². The molecular formula is C35H39N7O11S. The van der Waals surface area contributed by atoms with Crippen molar-refractivity contribution in [1.29, 1.82) is 0 Å². The van der Waals surface area contributed by atoms with Gasteiger partial charge in [-0.05, 0) is 85.7 Å². The SMILES string of the molecule is CCOC(=O)[C@H](CCC(=O)OCCCCCOc1no[n+]([O-])c1S(=O)(=O)c1ccccc1)NC(=O)c1ccc(CCc2c[nH]c3nc(N)[nH]c(=O)c23)cc1. The highest BCUT2D eigenvalue weighted by Crippen LogP contribution is 2.25. The number of aryl methyl sites for hydroxylation is 2. The van der Waals surface area contributed by atoms with E-state index in [1.165, 1.54) is 24.3 Å². The first-order chi connectivity index (χ1) is 26.0. The predicted octanol–water partition coefficient (Wildman–Crippen LogP) is 2.31. The molecule has 1 amide bonds. The Hall–Kier alpha value is -6.24. The van der Waals surface area contributed by atoms with E-state index < -0.39 is 44.6 Å². The van der Waals surface area contributed by atoms with Crippen LogP contribution in [0.15, 0.2) is 80.1 Å². The number of sulfone groups is 1. The average molecular weight is 766 g/mol. The minimum absolute atomic E-state index is 0.0168. The van der Waals surface area contributed by atoms with E-state index in [0.717, 1.165) is 11.1 Å². The standard InChI is InChI=1S/C35H39N7O11S/c1-2-50-34(46)26(38-30(44)23-14-11-22(12-15-23)13-16-24-21-37-29-28(24)31(45)40-35(36)39-29)17-18-27(43)51-19-7-4-8-20-52-32-33(42(47)53-41-32)54(48,49)25-9-5-3-6-10-25/h3,5-6,9-12,14-15,21,26H,2,4,7-8,13,16-20H2,1H3,(H,38,44)(H4,36,37,39,40,45)/t26-/m0/s1. The van der Waals surface area contributed by atoms with Crippen LogP contribution in [-0.2, 0) is 41.7 Å². The number of unbranched alkanes of at least 4 members (excludes halogenated alkanes) is 2. The monoisotopic (exact) mass is 765 g/mol. The van der Waals surface area contributed by atoms with Crippen LogP contribution >= 0.6 is 0 Å². The molecular weight excluding hydrogens is 726 g/mol. The first kappa shape index (κ1) is 39.0. The number of aromatic amines is 2. The number of nitrogens with zero attached hydrogens (tertiary/aromatic N) is 3. The fourth-order valence-corrected chi connectivity index (χ4v) is 6.76. The van der Waals surface area contributed by atoms with Gasteiger partial charge in [0, 0.05) is 18.2 Å². The summed E-state index contributed by atoms with van der Waals surface area (Å²) >= 11 is 0. The van der Waals surface area contributed by atoms with Crippen molar-refractivity contribution in [2.75, 3.05) is 25.6 Å². The number of benzene rings is 2. The van der Waals surface area contributed by atoms with Crippen molar-refractivity contribution in [3.63, 3.8) is 0 Å². The second kappa shape index (κ2) is 18.0. The molecule has 2 aromatic carbocycles. The highest BCUT2D eigenvalue weighted by molar-refractivity contribution is 7.91. The number of anilines is 1. The number of hydrogen-bond donors (Lipinski definition) is 4. The number of carbonyl (C=O) groups excluding carboxylic acids is 3. The van der Waals surface area contributed by atoms with Crippen molar-refractivity contribution in [1.82, 2.24) is 25.4 Å². The number of H-pyrrole nitrogens is 2. The van der Waals surface area contributed by atoms with Crippen LogP contribution in [0, 0.1) is 5.21 Å². The summed E-state index contributed by atoms with van der Waals surface area (Å²) in [6.45, 7) is 1.80. The molecule has 54 heavy (non-hydrogen) atoms. The number of carbonyl (C=O) groups is 3. The molecule has 0 unspecified atom stereocenters. The van der Waals surface area contributed by atoms with Gasteiger partial charge in [0.2, 0.25) is 5.95 Å². The molecule has 5 rings (SSSR count). The van der Waals surface area contributed by atoms with Crippen molar-refractivity contribution in [3.8, 4) is 5.88 Å². The number of nitrogens with two attached hydrogens (primary N) is 1. The summed E-state index contributed by atoms with van der Waals surface area (Å²) in [5.41, 5.74) is 7.67. The van der Waals surface area contributed by atoms with E-state index in [4.69, 9.17) is 19.9 Å². The summed E-state index contributed by atoms with van der Waals surface area (Å²) < 4.78 is 46.0. The van der Waals surface area contributed by atoms with E-state index in [2.05, 4.69) is 30.1 Å². The maximum absolute atomic E-state index is 13.0. The molecule has 0 aliphatic carbocycles. The van der Waals surface area contributed by atoms with Crippen LogP contribution in [0.1, 0.15) is 60.5 Å². The van der Waals surface area contributed by atoms with Crippen LogP contribution in [0.25, 0.3) is 11.0 Å². The molecule has 0 aliphatic rings. The predicted molar refractivity (Wildman–Crippen MR) is 190 cm³/mol. The Balaban J connectivity index is 1.03. The Labute approximate surface area is 308 Å². The van der Waals surface area contributed by atoms with E-state index in [1.807, 2.05) is 0 Å². The van der Waals surface area contributed by atoms with E-state index >= 15 is 0 Å².